The zero-order valence-corrected chi connectivity index (χ0v) is 10.7. The number of rotatable bonds is 3. The molecule has 0 saturated carbocycles. The lowest BCUT2D eigenvalue weighted by Gasteiger charge is -1.94. The van der Waals surface area contributed by atoms with Crippen LogP contribution in [-0.4, -0.2) is 4.98 Å². The number of nitrogens with zero attached hydrogens (tertiary/aromatic N) is 2. The first kappa shape index (κ1) is 13.4. The first-order valence-corrected chi connectivity index (χ1v) is 6.13. The Balaban J connectivity index is 0.000000202. The first-order chi connectivity index (χ1) is 8.33. The molecule has 0 amide bonds. The molecular formula is C15H21N2+. The average molecular weight is 229 g/mol. The van der Waals surface area contributed by atoms with E-state index in [0.717, 1.165) is 6.54 Å². The summed E-state index contributed by atoms with van der Waals surface area (Å²) in [5.74, 6) is 0. The molecule has 0 N–H and O–H groups in total. The normalized spacial score (nSPS) is 9.29. The fourth-order valence-electron chi connectivity index (χ4n) is 1.33. The van der Waals surface area contributed by atoms with Crippen LogP contribution in [0.3, 0.4) is 0 Å². The van der Waals surface area contributed by atoms with Gasteiger partial charge in [-0.1, -0.05) is 19.4 Å². The van der Waals surface area contributed by atoms with Gasteiger partial charge in [-0.05, 0) is 24.6 Å². The van der Waals surface area contributed by atoms with Crippen molar-refractivity contribution in [3.05, 3.63) is 60.7 Å². The molecule has 0 aliphatic carbocycles. The molecule has 0 aliphatic heterocycles. The van der Waals surface area contributed by atoms with Gasteiger partial charge in [0.2, 0.25) is 0 Å². The summed E-state index contributed by atoms with van der Waals surface area (Å²) in [4.78, 5) is 3.78. The van der Waals surface area contributed by atoms with E-state index < -0.39 is 0 Å². The summed E-state index contributed by atoms with van der Waals surface area (Å²) in [6.45, 7) is 5.48. The van der Waals surface area contributed by atoms with Crippen molar-refractivity contribution in [3.8, 4) is 0 Å². The van der Waals surface area contributed by atoms with Crippen molar-refractivity contribution in [2.24, 2.45) is 0 Å². The standard InChI is InChI=1S/C10H16N.C5H5N/c1-3-4-7-11-8-5-10(2)6-9-11;1-2-4-6-5-3-1/h5-6,8-9H,3-4,7H2,1-2H3;1-5H/q+1;. The van der Waals surface area contributed by atoms with Gasteiger partial charge in [0.15, 0.2) is 12.4 Å². The highest BCUT2D eigenvalue weighted by Crippen LogP contribution is 1.91. The molecule has 2 heterocycles. The summed E-state index contributed by atoms with van der Waals surface area (Å²) >= 11 is 0. The van der Waals surface area contributed by atoms with Crippen molar-refractivity contribution in [3.63, 3.8) is 0 Å². The van der Waals surface area contributed by atoms with Crippen LogP contribution in [0.1, 0.15) is 25.3 Å². The van der Waals surface area contributed by atoms with Crippen molar-refractivity contribution in [2.75, 3.05) is 0 Å². The van der Waals surface area contributed by atoms with Gasteiger partial charge in [0.05, 0.1) is 0 Å². The second kappa shape index (κ2) is 8.45. The third-order valence-corrected chi connectivity index (χ3v) is 2.39. The Hall–Kier alpha value is -1.70. The molecule has 0 saturated heterocycles. The van der Waals surface area contributed by atoms with E-state index in [1.54, 1.807) is 12.4 Å². The molecule has 0 bridgehead atoms. The average Bonchev–Trinajstić information content (AvgIpc) is 2.41. The summed E-state index contributed by atoms with van der Waals surface area (Å²) in [7, 11) is 0. The molecule has 2 aromatic rings. The molecule has 90 valence electrons. The van der Waals surface area contributed by atoms with Gasteiger partial charge in [0.25, 0.3) is 0 Å². The molecule has 0 aromatic carbocycles. The maximum Gasteiger partial charge on any atom is 0.169 e. The van der Waals surface area contributed by atoms with Gasteiger partial charge in [0.1, 0.15) is 6.54 Å². The summed E-state index contributed by atoms with van der Waals surface area (Å²) in [5.41, 5.74) is 1.33. The lowest BCUT2D eigenvalue weighted by molar-refractivity contribution is -0.697. The molecule has 0 unspecified atom stereocenters. The molecule has 2 rings (SSSR count). The van der Waals surface area contributed by atoms with Crippen molar-refractivity contribution >= 4 is 0 Å². The second-order valence-electron chi connectivity index (χ2n) is 3.99. The van der Waals surface area contributed by atoms with Gasteiger partial charge in [-0.25, -0.2) is 4.57 Å². The van der Waals surface area contributed by atoms with Crippen LogP contribution >= 0.6 is 0 Å². The van der Waals surface area contributed by atoms with Gasteiger partial charge >= 0.3 is 0 Å². The van der Waals surface area contributed by atoms with E-state index in [9.17, 15) is 0 Å². The van der Waals surface area contributed by atoms with Crippen molar-refractivity contribution < 1.29 is 4.57 Å². The fourth-order valence-corrected chi connectivity index (χ4v) is 1.33. The van der Waals surface area contributed by atoms with Crippen LogP contribution in [0, 0.1) is 6.92 Å². The second-order valence-corrected chi connectivity index (χ2v) is 3.99. The van der Waals surface area contributed by atoms with Crippen LogP contribution in [0.15, 0.2) is 55.1 Å². The van der Waals surface area contributed by atoms with Gasteiger partial charge in [-0.2, -0.15) is 0 Å². The van der Waals surface area contributed by atoms with E-state index in [1.807, 2.05) is 18.2 Å². The number of aryl methyl sites for hydroxylation is 2. The third-order valence-electron chi connectivity index (χ3n) is 2.39. The molecule has 17 heavy (non-hydrogen) atoms. The molecule has 0 aliphatic rings. The van der Waals surface area contributed by atoms with Gasteiger partial charge in [-0.15, -0.1) is 0 Å². The Kier molecular flexibility index (Phi) is 6.64. The minimum atomic E-state index is 1.15. The quantitative estimate of drug-likeness (QED) is 0.739. The molecule has 2 nitrogen and oxygen atoms in total. The van der Waals surface area contributed by atoms with Crippen LogP contribution in [0.2, 0.25) is 0 Å². The Morgan fingerprint density at radius 3 is 2.12 bits per heavy atom. The number of hydrogen-bond acceptors (Lipinski definition) is 1. The molecule has 0 spiro atoms. The Morgan fingerprint density at radius 1 is 1.06 bits per heavy atom. The van der Waals surface area contributed by atoms with E-state index in [0.29, 0.717) is 0 Å². The highest BCUT2D eigenvalue weighted by molar-refractivity contribution is 5.03. The minimum absolute atomic E-state index is 1.15. The van der Waals surface area contributed by atoms with Crippen molar-refractivity contribution in [2.45, 2.75) is 33.2 Å². The van der Waals surface area contributed by atoms with Crippen LogP contribution < -0.4 is 4.57 Å². The highest BCUT2D eigenvalue weighted by Gasteiger charge is 1.95. The summed E-state index contributed by atoms with van der Waals surface area (Å²) in [5, 5.41) is 0. The SMILES string of the molecule is CCCC[n+]1ccc(C)cc1.c1ccncc1. The highest BCUT2D eigenvalue weighted by atomic mass is 14.9. The van der Waals surface area contributed by atoms with Gasteiger partial charge in [0, 0.05) is 30.9 Å². The van der Waals surface area contributed by atoms with Gasteiger partial charge in [-0.3, -0.25) is 4.98 Å². The van der Waals surface area contributed by atoms with E-state index >= 15 is 0 Å². The van der Waals surface area contributed by atoms with E-state index in [1.165, 1.54) is 18.4 Å². The predicted molar refractivity (Wildman–Crippen MR) is 70.5 cm³/mol. The number of pyridine rings is 2. The molecule has 2 aromatic heterocycles. The van der Waals surface area contributed by atoms with Gasteiger partial charge < -0.3 is 0 Å². The monoisotopic (exact) mass is 229 g/mol. The Labute approximate surface area is 104 Å². The van der Waals surface area contributed by atoms with Crippen LogP contribution in [0.5, 0.6) is 0 Å². The molecular weight excluding hydrogens is 208 g/mol. The minimum Gasteiger partial charge on any atom is -0.265 e. The fraction of sp³-hybridized carbons (Fsp3) is 0.333. The van der Waals surface area contributed by atoms with E-state index in [4.69, 9.17) is 0 Å². The van der Waals surface area contributed by atoms with E-state index in [2.05, 4.69) is 47.9 Å². The zero-order valence-electron chi connectivity index (χ0n) is 10.7. The Morgan fingerprint density at radius 2 is 1.71 bits per heavy atom. The lowest BCUT2D eigenvalue weighted by Crippen LogP contribution is -2.32. The molecule has 0 radical (unpaired) electrons. The number of unbranched alkanes of at least 4 members (excludes halogenated alkanes) is 1. The van der Waals surface area contributed by atoms with Crippen molar-refractivity contribution in [1.29, 1.82) is 0 Å². The largest absolute Gasteiger partial charge is 0.265 e. The van der Waals surface area contributed by atoms with Crippen molar-refractivity contribution in [1.82, 2.24) is 4.98 Å². The number of hydrogen-bond donors (Lipinski definition) is 0. The van der Waals surface area contributed by atoms with Crippen LogP contribution in [0.4, 0.5) is 0 Å². The molecule has 2 heteroatoms. The number of aromatic nitrogens is 2. The molecule has 0 atom stereocenters. The maximum absolute atomic E-state index is 3.78. The maximum atomic E-state index is 3.78. The Bertz CT molecular complexity index is 355. The summed E-state index contributed by atoms with van der Waals surface area (Å²) in [6.07, 6.45) is 10.3. The summed E-state index contributed by atoms with van der Waals surface area (Å²) < 4.78 is 2.23. The third kappa shape index (κ3) is 6.46. The smallest absolute Gasteiger partial charge is 0.169 e. The molecule has 0 fully saturated rings. The topological polar surface area (TPSA) is 16.8 Å². The van der Waals surface area contributed by atoms with Crippen LogP contribution in [-0.2, 0) is 6.54 Å². The van der Waals surface area contributed by atoms with E-state index in [-0.39, 0.29) is 0 Å². The zero-order chi connectivity index (χ0) is 12.3. The first-order valence-electron chi connectivity index (χ1n) is 6.13. The predicted octanol–water partition coefficient (Wildman–Crippen LogP) is 3.16. The summed E-state index contributed by atoms with van der Waals surface area (Å²) in [6, 6.07) is 10.0. The lowest BCUT2D eigenvalue weighted by atomic mass is 10.3. The van der Waals surface area contributed by atoms with Crippen LogP contribution in [0.25, 0.3) is 0 Å².